The smallest absolute Gasteiger partial charge is 0.226 e. The van der Waals surface area contributed by atoms with E-state index in [0.717, 1.165) is 23.8 Å². The molecule has 1 atom stereocenters. The summed E-state index contributed by atoms with van der Waals surface area (Å²) in [5, 5.41) is 8.81. The molecule has 0 spiro atoms. The van der Waals surface area contributed by atoms with Crippen molar-refractivity contribution in [3.63, 3.8) is 0 Å². The highest BCUT2D eigenvalue weighted by Crippen LogP contribution is 2.22. The minimum atomic E-state index is 0.291. The van der Waals surface area contributed by atoms with Gasteiger partial charge in [-0.1, -0.05) is 23.8 Å². The number of aryl methyl sites for hydroxylation is 1. The molecule has 2 heterocycles. The Bertz CT molecular complexity index is 884. The molecule has 0 saturated heterocycles. The van der Waals surface area contributed by atoms with Crippen LogP contribution in [0.15, 0.2) is 57.5 Å². The van der Waals surface area contributed by atoms with Crippen LogP contribution in [0.5, 0.6) is 0 Å². The standard InChI is InChI=1S/C21H27N5OS/c1-15-7-9-16(10-8-15)20-25-17(14-27-20)12-23-21(22-2)24-13-18(26(3)4)19-6-5-11-28-19/h5-11,14,18H,12-13H2,1-4H3,(H2,22,23,24). The molecule has 3 aromatic rings. The van der Waals surface area contributed by atoms with Crippen molar-refractivity contribution in [3.05, 3.63) is 64.2 Å². The van der Waals surface area contributed by atoms with Gasteiger partial charge in [0.15, 0.2) is 5.96 Å². The van der Waals surface area contributed by atoms with Gasteiger partial charge in [0.1, 0.15) is 6.26 Å². The summed E-state index contributed by atoms with van der Waals surface area (Å²) in [7, 11) is 5.94. The topological polar surface area (TPSA) is 65.7 Å². The van der Waals surface area contributed by atoms with Gasteiger partial charge in [0.05, 0.1) is 18.3 Å². The van der Waals surface area contributed by atoms with Gasteiger partial charge in [-0.25, -0.2) is 4.98 Å². The Kier molecular flexibility index (Phi) is 6.84. The van der Waals surface area contributed by atoms with Crippen LogP contribution in [-0.4, -0.2) is 43.5 Å². The van der Waals surface area contributed by atoms with Crippen molar-refractivity contribution < 1.29 is 4.42 Å². The first-order valence-electron chi connectivity index (χ1n) is 9.22. The molecule has 0 radical (unpaired) electrons. The molecule has 0 bridgehead atoms. The summed E-state index contributed by atoms with van der Waals surface area (Å²) in [6.07, 6.45) is 1.68. The van der Waals surface area contributed by atoms with Gasteiger partial charge in [0, 0.05) is 24.0 Å². The van der Waals surface area contributed by atoms with Gasteiger partial charge in [-0.15, -0.1) is 11.3 Å². The van der Waals surface area contributed by atoms with Crippen LogP contribution in [0.3, 0.4) is 0 Å². The zero-order chi connectivity index (χ0) is 19.9. The lowest BCUT2D eigenvalue weighted by Gasteiger charge is -2.24. The number of nitrogens with zero attached hydrogens (tertiary/aromatic N) is 3. The van der Waals surface area contributed by atoms with Crippen molar-refractivity contribution in [2.24, 2.45) is 4.99 Å². The van der Waals surface area contributed by atoms with Gasteiger partial charge in [-0.3, -0.25) is 4.99 Å². The molecule has 1 unspecified atom stereocenters. The largest absolute Gasteiger partial charge is 0.444 e. The molecule has 28 heavy (non-hydrogen) atoms. The van der Waals surface area contributed by atoms with E-state index in [1.54, 1.807) is 24.6 Å². The van der Waals surface area contributed by atoms with E-state index in [0.29, 0.717) is 18.5 Å². The fraction of sp³-hybridized carbons (Fsp3) is 0.333. The van der Waals surface area contributed by atoms with Gasteiger partial charge < -0.3 is 20.0 Å². The van der Waals surface area contributed by atoms with Crippen LogP contribution in [0.25, 0.3) is 11.5 Å². The van der Waals surface area contributed by atoms with Crippen molar-refractivity contribution in [2.45, 2.75) is 19.5 Å². The van der Waals surface area contributed by atoms with Crippen LogP contribution in [-0.2, 0) is 6.54 Å². The number of guanidine groups is 1. The second kappa shape index (κ2) is 9.52. The molecule has 0 aliphatic heterocycles. The average molecular weight is 398 g/mol. The number of aliphatic imine (C=N–C) groups is 1. The summed E-state index contributed by atoms with van der Waals surface area (Å²) in [6.45, 7) is 3.37. The number of hydrogen-bond acceptors (Lipinski definition) is 5. The van der Waals surface area contributed by atoms with Gasteiger partial charge in [0.2, 0.25) is 5.89 Å². The Morgan fingerprint density at radius 3 is 2.64 bits per heavy atom. The van der Waals surface area contributed by atoms with Crippen molar-refractivity contribution in [1.29, 1.82) is 0 Å². The zero-order valence-electron chi connectivity index (χ0n) is 16.8. The number of nitrogens with one attached hydrogen (secondary N) is 2. The highest BCUT2D eigenvalue weighted by molar-refractivity contribution is 7.10. The molecule has 0 aliphatic carbocycles. The minimum absolute atomic E-state index is 0.291. The molecule has 0 saturated carbocycles. The maximum Gasteiger partial charge on any atom is 0.226 e. The van der Waals surface area contributed by atoms with Crippen molar-refractivity contribution >= 4 is 17.3 Å². The quantitative estimate of drug-likeness (QED) is 0.470. The predicted octanol–water partition coefficient (Wildman–Crippen LogP) is 3.68. The number of likely N-dealkylation sites (N-methyl/N-ethyl adjacent to an activating group) is 1. The second-order valence-electron chi connectivity index (χ2n) is 6.81. The third-order valence-electron chi connectivity index (χ3n) is 4.47. The Hall–Kier alpha value is -2.64. The fourth-order valence-electron chi connectivity index (χ4n) is 2.82. The summed E-state index contributed by atoms with van der Waals surface area (Å²) >= 11 is 1.77. The van der Waals surface area contributed by atoms with Gasteiger partial charge in [-0.2, -0.15) is 0 Å². The summed E-state index contributed by atoms with van der Waals surface area (Å²) in [4.78, 5) is 12.4. The molecule has 2 aromatic heterocycles. The zero-order valence-corrected chi connectivity index (χ0v) is 17.6. The van der Waals surface area contributed by atoms with E-state index in [-0.39, 0.29) is 0 Å². The van der Waals surface area contributed by atoms with E-state index in [2.05, 4.69) is 76.2 Å². The van der Waals surface area contributed by atoms with Crippen LogP contribution in [0, 0.1) is 6.92 Å². The highest BCUT2D eigenvalue weighted by Gasteiger charge is 2.15. The SMILES string of the molecule is CN=C(NCc1coc(-c2ccc(C)cc2)n1)NCC(c1cccs1)N(C)C. The minimum Gasteiger partial charge on any atom is -0.444 e. The number of benzene rings is 1. The van der Waals surface area contributed by atoms with E-state index in [1.807, 2.05) is 12.1 Å². The van der Waals surface area contributed by atoms with Gasteiger partial charge in [0.25, 0.3) is 0 Å². The van der Waals surface area contributed by atoms with E-state index in [9.17, 15) is 0 Å². The van der Waals surface area contributed by atoms with Gasteiger partial charge in [-0.05, 0) is 44.6 Å². The first-order valence-corrected chi connectivity index (χ1v) is 10.1. The Morgan fingerprint density at radius 2 is 2.00 bits per heavy atom. The third-order valence-corrected chi connectivity index (χ3v) is 5.44. The molecule has 3 rings (SSSR count). The number of rotatable bonds is 7. The van der Waals surface area contributed by atoms with Crippen LogP contribution in [0.2, 0.25) is 0 Å². The molecular formula is C21H27N5OS. The highest BCUT2D eigenvalue weighted by atomic mass is 32.1. The van der Waals surface area contributed by atoms with Crippen molar-refractivity contribution in [2.75, 3.05) is 27.7 Å². The van der Waals surface area contributed by atoms with E-state index < -0.39 is 0 Å². The van der Waals surface area contributed by atoms with E-state index in [1.165, 1.54) is 10.4 Å². The first kappa shape index (κ1) is 20.1. The van der Waals surface area contributed by atoms with Crippen molar-refractivity contribution in [1.82, 2.24) is 20.5 Å². The number of thiophene rings is 1. The maximum absolute atomic E-state index is 5.62. The molecule has 2 N–H and O–H groups in total. The van der Waals surface area contributed by atoms with Crippen LogP contribution in [0.4, 0.5) is 0 Å². The van der Waals surface area contributed by atoms with Crippen LogP contribution < -0.4 is 10.6 Å². The van der Waals surface area contributed by atoms with E-state index >= 15 is 0 Å². The number of hydrogen-bond donors (Lipinski definition) is 2. The lowest BCUT2D eigenvalue weighted by molar-refractivity contribution is 0.302. The van der Waals surface area contributed by atoms with Crippen LogP contribution in [0.1, 0.15) is 22.2 Å². The summed E-state index contributed by atoms with van der Waals surface area (Å²) < 4.78 is 5.62. The Morgan fingerprint density at radius 1 is 1.21 bits per heavy atom. The monoisotopic (exact) mass is 397 g/mol. The molecule has 6 nitrogen and oxygen atoms in total. The number of aromatic nitrogens is 1. The normalized spacial score (nSPS) is 13.0. The van der Waals surface area contributed by atoms with Crippen molar-refractivity contribution in [3.8, 4) is 11.5 Å². The molecular weight excluding hydrogens is 370 g/mol. The maximum atomic E-state index is 5.62. The molecule has 7 heteroatoms. The third kappa shape index (κ3) is 5.21. The van der Waals surface area contributed by atoms with E-state index in [4.69, 9.17) is 4.42 Å². The number of oxazole rings is 1. The van der Waals surface area contributed by atoms with Gasteiger partial charge >= 0.3 is 0 Å². The molecule has 1 aromatic carbocycles. The predicted molar refractivity (Wildman–Crippen MR) is 116 cm³/mol. The summed E-state index contributed by atoms with van der Waals surface area (Å²) in [5.41, 5.74) is 3.02. The van der Waals surface area contributed by atoms with Crippen LogP contribution >= 0.6 is 11.3 Å². The summed E-state index contributed by atoms with van der Waals surface area (Å²) in [6, 6.07) is 12.7. The molecule has 0 fully saturated rings. The Labute approximate surface area is 170 Å². The first-order chi connectivity index (χ1) is 13.6. The average Bonchev–Trinajstić information content (AvgIpc) is 3.37. The summed E-state index contributed by atoms with van der Waals surface area (Å²) in [5.74, 6) is 1.37. The second-order valence-corrected chi connectivity index (χ2v) is 7.79. The Balaban J connectivity index is 1.55. The lowest BCUT2D eigenvalue weighted by atomic mass is 10.1. The fourth-order valence-corrected chi connectivity index (χ4v) is 3.75. The molecule has 0 amide bonds. The molecule has 0 aliphatic rings. The lowest BCUT2D eigenvalue weighted by Crippen LogP contribution is -2.41. The molecule has 148 valence electrons.